The van der Waals surface area contributed by atoms with Crippen molar-refractivity contribution >= 4 is 28.8 Å². The Morgan fingerprint density at radius 3 is 2.48 bits per heavy atom. The van der Waals surface area contributed by atoms with E-state index in [9.17, 15) is 14.4 Å². The third-order valence-corrected chi connectivity index (χ3v) is 4.09. The molecule has 0 atom stereocenters. The van der Waals surface area contributed by atoms with Gasteiger partial charge in [-0.05, 0) is 0 Å². The van der Waals surface area contributed by atoms with Gasteiger partial charge in [0, 0.05) is 21.2 Å². The standard InChI is InChI=1S/C13H16N4O5S/c1-16-10-9(12(19)17(2)13(16)20)11(23-6-8(18)22-4)15-7(14-10)5-21-3/h5-6H2,1-4H3. The average molecular weight is 340 g/mol. The molecule has 0 saturated heterocycles. The van der Waals surface area contributed by atoms with Crippen LogP contribution in [0.2, 0.25) is 0 Å². The van der Waals surface area contributed by atoms with E-state index in [1.54, 1.807) is 0 Å². The average Bonchev–Trinajstić information content (AvgIpc) is 2.55. The van der Waals surface area contributed by atoms with E-state index in [0.29, 0.717) is 10.9 Å². The summed E-state index contributed by atoms with van der Waals surface area (Å²) in [6.07, 6.45) is 0. The zero-order valence-corrected chi connectivity index (χ0v) is 14.0. The van der Waals surface area contributed by atoms with Crippen LogP contribution in [0.15, 0.2) is 14.6 Å². The van der Waals surface area contributed by atoms with E-state index in [4.69, 9.17) is 4.74 Å². The number of methoxy groups -OCH3 is 2. The molecular formula is C13H16N4O5S. The molecule has 0 aromatic carbocycles. The van der Waals surface area contributed by atoms with E-state index in [1.807, 2.05) is 0 Å². The van der Waals surface area contributed by atoms with E-state index in [0.717, 1.165) is 16.3 Å². The Hall–Kier alpha value is -2.20. The number of rotatable bonds is 5. The van der Waals surface area contributed by atoms with Crippen molar-refractivity contribution in [2.75, 3.05) is 20.0 Å². The predicted molar refractivity (Wildman–Crippen MR) is 83.5 cm³/mol. The van der Waals surface area contributed by atoms with Gasteiger partial charge in [-0.1, -0.05) is 11.8 Å². The summed E-state index contributed by atoms with van der Waals surface area (Å²) < 4.78 is 11.8. The first-order valence-electron chi connectivity index (χ1n) is 6.55. The molecule has 23 heavy (non-hydrogen) atoms. The molecule has 0 amide bonds. The number of ether oxygens (including phenoxy) is 2. The number of carbonyl (C=O) groups is 1. The van der Waals surface area contributed by atoms with Crippen LogP contribution in [0, 0.1) is 0 Å². The lowest BCUT2D eigenvalue weighted by molar-refractivity contribution is -0.137. The molecule has 9 nitrogen and oxygen atoms in total. The van der Waals surface area contributed by atoms with E-state index in [1.165, 1.54) is 32.9 Å². The third kappa shape index (κ3) is 3.27. The molecule has 0 bridgehead atoms. The van der Waals surface area contributed by atoms with Crippen molar-refractivity contribution in [2.24, 2.45) is 14.1 Å². The van der Waals surface area contributed by atoms with Crippen molar-refractivity contribution in [2.45, 2.75) is 11.6 Å². The highest BCUT2D eigenvalue weighted by Gasteiger charge is 2.18. The van der Waals surface area contributed by atoms with E-state index in [-0.39, 0.29) is 23.4 Å². The molecule has 0 spiro atoms. The minimum absolute atomic E-state index is 0.0129. The smallest absolute Gasteiger partial charge is 0.332 e. The fourth-order valence-electron chi connectivity index (χ4n) is 1.96. The molecule has 10 heteroatoms. The van der Waals surface area contributed by atoms with Gasteiger partial charge in [0.15, 0.2) is 11.5 Å². The van der Waals surface area contributed by atoms with Gasteiger partial charge >= 0.3 is 11.7 Å². The van der Waals surface area contributed by atoms with Gasteiger partial charge in [0.05, 0.1) is 12.9 Å². The first-order valence-corrected chi connectivity index (χ1v) is 7.54. The Bertz CT molecular complexity index is 873. The Balaban J connectivity index is 2.74. The first kappa shape index (κ1) is 17.2. The van der Waals surface area contributed by atoms with Gasteiger partial charge in [0.25, 0.3) is 5.56 Å². The third-order valence-electron chi connectivity index (χ3n) is 3.14. The summed E-state index contributed by atoms with van der Waals surface area (Å²) in [7, 11) is 5.66. The molecule has 124 valence electrons. The SMILES string of the molecule is COCc1nc(SCC(=O)OC)c2c(=O)n(C)c(=O)n(C)c2n1. The van der Waals surface area contributed by atoms with Crippen LogP contribution in [-0.2, 0) is 35.0 Å². The number of hydrogen-bond donors (Lipinski definition) is 0. The molecule has 0 aliphatic heterocycles. The lowest BCUT2D eigenvalue weighted by atomic mass is 10.4. The predicted octanol–water partition coefficient (Wildman–Crippen LogP) is -0.561. The minimum atomic E-state index is -0.514. The van der Waals surface area contributed by atoms with Crippen LogP contribution in [-0.4, -0.2) is 45.0 Å². The van der Waals surface area contributed by atoms with Gasteiger partial charge in [0.1, 0.15) is 17.0 Å². The van der Waals surface area contributed by atoms with Gasteiger partial charge in [-0.15, -0.1) is 0 Å². The van der Waals surface area contributed by atoms with Crippen molar-refractivity contribution in [3.63, 3.8) is 0 Å². The molecule has 0 unspecified atom stereocenters. The number of nitrogens with zero attached hydrogens (tertiary/aromatic N) is 4. The van der Waals surface area contributed by atoms with Crippen LogP contribution >= 0.6 is 11.8 Å². The molecule has 0 aliphatic rings. The molecule has 0 aliphatic carbocycles. The summed E-state index contributed by atoms with van der Waals surface area (Å²) in [4.78, 5) is 44.3. The highest BCUT2D eigenvalue weighted by molar-refractivity contribution is 8.00. The second kappa shape index (κ2) is 6.92. The molecule has 2 heterocycles. The summed E-state index contributed by atoms with van der Waals surface area (Å²) in [6, 6.07) is 0. The van der Waals surface area contributed by atoms with E-state index in [2.05, 4.69) is 14.7 Å². The van der Waals surface area contributed by atoms with Gasteiger partial charge in [-0.25, -0.2) is 14.8 Å². The maximum Gasteiger partial charge on any atom is 0.332 e. The fraction of sp³-hybridized carbons (Fsp3) is 0.462. The molecular weight excluding hydrogens is 324 g/mol. The second-order valence-corrected chi connectivity index (χ2v) is 5.61. The van der Waals surface area contributed by atoms with Crippen molar-refractivity contribution < 1.29 is 14.3 Å². The number of aryl methyl sites for hydroxylation is 1. The normalized spacial score (nSPS) is 11.0. The molecule has 2 rings (SSSR count). The van der Waals surface area contributed by atoms with Crippen molar-refractivity contribution in [3.8, 4) is 0 Å². The maximum atomic E-state index is 12.4. The lowest BCUT2D eigenvalue weighted by Gasteiger charge is -2.11. The minimum Gasteiger partial charge on any atom is -0.468 e. The summed E-state index contributed by atoms with van der Waals surface area (Å²) in [5.41, 5.74) is -0.805. The maximum absolute atomic E-state index is 12.4. The highest BCUT2D eigenvalue weighted by Crippen LogP contribution is 2.22. The van der Waals surface area contributed by atoms with E-state index < -0.39 is 17.2 Å². The zero-order valence-electron chi connectivity index (χ0n) is 13.2. The Morgan fingerprint density at radius 1 is 1.17 bits per heavy atom. The molecule has 2 aromatic rings. The van der Waals surface area contributed by atoms with Gasteiger partial charge in [-0.2, -0.15) is 0 Å². The van der Waals surface area contributed by atoms with Gasteiger partial charge in [-0.3, -0.25) is 18.7 Å². The Kier molecular flexibility index (Phi) is 5.16. The summed E-state index contributed by atoms with van der Waals surface area (Å²) in [5, 5.41) is 0.493. The van der Waals surface area contributed by atoms with Crippen molar-refractivity contribution in [1.82, 2.24) is 19.1 Å². The summed E-state index contributed by atoms with van der Waals surface area (Å²) in [6.45, 7) is 0.116. The first-order chi connectivity index (χ1) is 10.9. The largest absolute Gasteiger partial charge is 0.468 e. The second-order valence-electron chi connectivity index (χ2n) is 4.65. The van der Waals surface area contributed by atoms with Crippen LogP contribution in [0.3, 0.4) is 0 Å². The van der Waals surface area contributed by atoms with E-state index >= 15 is 0 Å². The number of thioether (sulfide) groups is 1. The van der Waals surface area contributed by atoms with Crippen LogP contribution in [0.1, 0.15) is 5.82 Å². The highest BCUT2D eigenvalue weighted by atomic mass is 32.2. The topological polar surface area (TPSA) is 105 Å². The van der Waals surface area contributed by atoms with Gasteiger partial charge in [0.2, 0.25) is 0 Å². The number of carbonyl (C=O) groups excluding carboxylic acids is 1. The van der Waals surface area contributed by atoms with Crippen LogP contribution in [0.4, 0.5) is 0 Å². The number of aromatic nitrogens is 4. The fourth-order valence-corrected chi connectivity index (χ4v) is 2.82. The zero-order chi connectivity index (χ0) is 17.1. The molecule has 0 radical (unpaired) electrons. The van der Waals surface area contributed by atoms with Crippen molar-refractivity contribution in [1.29, 1.82) is 0 Å². The quantitative estimate of drug-likeness (QED) is 0.405. The van der Waals surface area contributed by atoms with Crippen LogP contribution in [0.25, 0.3) is 11.0 Å². The number of hydrogen-bond acceptors (Lipinski definition) is 8. The summed E-state index contributed by atoms with van der Waals surface area (Å²) >= 11 is 1.05. The summed E-state index contributed by atoms with van der Waals surface area (Å²) in [5.74, 6) is -0.145. The lowest BCUT2D eigenvalue weighted by Crippen LogP contribution is -2.38. The van der Waals surface area contributed by atoms with Gasteiger partial charge < -0.3 is 9.47 Å². The van der Waals surface area contributed by atoms with Crippen LogP contribution in [0.5, 0.6) is 0 Å². The monoisotopic (exact) mass is 340 g/mol. The number of esters is 1. The molecule has 0 saturated carbocycles. The van der Waals surface area contributed by atoms with Crippen molar-refractivity contribution in [3.05, 3.63) is 26.7 Å². The molecule has 2 aromatic heterocycles. The Labute approximate surface area is 135 Å². The number of fused-ring (bicyclic) bond motifs is 1. The molecule has 0 fully saturated rings. The Morgan fingerprint density at radius 2 is 1.87 bits per heavy atom. The van der Waals surface area contributed by atoms with Crippen LogP contribution < -0.4 is 11.2 Å². The molecule has 0 N–H and O–H groups in total.